The number of aromatic hydroxyl groups is 1. The van der Waals surface area contributed by atoms with Crippen LogP contribution in [0.15, 0.2) is 34.9 Å². The molecule has 1 aromatic carbocycles. The van der Waals surface area contributed by atoms with Gasteiger partial charge < -0.3 is 9.52 Å². The molecule has 2 aromatic rings. The maximum Gasteiger partial charge on any atom is 0.226 e. The van der Waals surface area contributed by atoms with Crippen LogP contribution in [0.3, 0.4) is 0 Å². The van der Waals surface area contributed by atoms with E-state index in [4.69, 9.17) is 9.52 Å². The van der Waals surface area contributed by atoms with Crippen LogP contribution in [-0.2, 0) is 11.2 Å². The van der Waals surface area contributed by atoms with E-state index in [9.17, 15) is 4.79 Å². The maximum absolute atomic E-state index is 10.9. The average molecular weight is 217 g/mol. The predicted octanol–water partition coefficient (Wildman–Crippen LogP) is 2.18. The van der Waals surface area contributed by atoms with Gasteiger partial charge in [0.05, 0.1) is 12.6 Å². The number of aromatic nitrogens is 1. The second-order valence-corrected chi connectivity index (χ2v) is 3.56. The van der Waals surface area contributed by atoms with Gasteiger partial charge >= 0.3 is 0 Å². The molecule has 0 radical (unpaired) electrons. The van der Waals surface area contributed by atoms with Crippen molar-refractivity contribution in [3.05, 3.63) is 36.2 Å². The molecule has 0 bridgehead atoms. The van der Waals surface area contributed by atoms with Gasteiger partial charge in [-0.05, 0) is 31.2 Å². The maximum atomic E-state index is 10.9. The molecule has 0 unspecified atom stereocenters. The highest BCUT2D eigenvalue weighted by atomic mass is 16.4. The topological polar surface area (TPSA) is 63.3 Å². The summed E-state index contributed by atoms with van der Waals surface area (Å²) >= 11 is 0. The van der Waals surface area contributed by atoms with Gasteiger partial charge in [-0.1, -0.05) is 0 Å². The van der Waals surface area contributed by atoms with Crippen LogP contribution in [0.4, 0.5) is 0 Å². The molecule has 0 aliphatic carbocycles. The minimum Gasteiger partial charge on any atom is -0.508 e. The Kier molecular flexibility index (Phi) is 2.72. The van der Waals surface area contributed by atoms with Crippen LogP contribution in [0.1, 0.15) is 12.7 Å². The molecule has 0 aliphatic heterocycles. The second-order valence-electron chi connectivity index (χ2n) is 3.56. The first kappa shape index (κ1) is 10.4. The molecule has 0 atom stereocenters. The first-order valence-corrected chi connectivity index (χ1v) is 4.88. The Labute approximate surface area is 92.6 Å². The Hall–Kier alpha value is -2.10. The zero-order chi connectivity index (χ0) is 11.5. The second kappa shape index (κ2) is 4.18. The number of ketones is 1. The van der Waals surface area contributed by atoms with Crippen molar-refractivity contribution in [1.29, 1.82) is 0 Å². The third-order valence-electron chi connectivity index (χ3n) is 2.09. The molecule has 1 N–H and O–H groups in total. The van der Waals surface area contributed by atoms with E-state index in [1.807, 2.05) is 0 Å². The molecule has 0 saturated carbocycles. The van der Waals surface area contributed by atoms with Crippen LogP contribution >= 0.6 is 0 Å². The third kappa shape index (κ3) is 2.28. The summed E-state index contributed by atoms with van der Waals surface area (Å²) in [5.41, 5.74) is 0.771. The van der Waals surface area contributed by atoms with Crippen molar-refractivity contribution in [1.82, 2.24) is 4.98 Å². The summed E-state index contributed by atoms with van der Waals surface area (Å²) in [4.78, 5) is 15.0. The van der Waals surface area contributed by atoms with Gasteiger partial charge in [-0.3, -0.25) is 4.79 Å². The number of carbonyl (C=O) groups excluding carboxylic acids is 1. The lowest BCUT2D eigenvalue weighted by Crippen LogP contribution is -1.93. The summed E-state index contributed by atoms with van der Waals surface area (Å²) in [7, 11) is 0. The summed E-state index contributed by atoms with van der Waals surface area (Å²) in [6.07, 6.45) is 1.80. The van der Waals surface area contributed by atoms with E-state index in [0.717, 1.165) is 5.56 Å². The molecule has 0 aliphatic rings. The monoisotopic (exact) mass is 217 g/mol. The molecular formula is C12H11NO3. The zero-order valence-electron chi connectivity index (χ0n) is 8.80. The Balaban J connectivity index is 2.24. The van der Waals surface area contributed by atoms with Crippen molar-refractivity contribution in [2.24, 2.45) is 0 Å². The number of phenols is 1. The summed E-state index contributed by atoms with van der Waals surface area (Å²) in [5, 5.41) is 9.13. The van der Waals surface area contributed by atoms with Crippen molar-refractivity contribution < 1.29 is 14.3 Å². The minimum absolute atomic E-state index is 0.0356. The molecule has 0 spiro atoms. The highest BCUT2D eigenvalue weighted by Crippen LogP contribution is 2.21. The van der Waals surface area contributed by atoms with Gasteiger partial charge in [-0.15, -0.1) is 0 Å². The van der Waals surface area contributed by atoms with Gasteiger partial charge in [0.25, 0.3) is 0 Å². The predicted molar refractivity (Wildman–Crippen MR) is 58.0 cm³/mol. The van der Waals surface area contributed by atoms with Crippen LogP contribution in [0.5, 0.6) is 5.75 Å². The van der Waals surface area contributed by atoms with Gasteiger partial charge in [0.15, 0.2) is 0 Å². The SMILES string of the molecule is CC(=O)Cc1cnc(-c2ccc(O)cc2)o1. The van der Waals surface area contributed by atoms with E-state index in [0.29, 0.717) is 11.7 Å². The summed E-state index contributed by atoms with van der Waals surface area (Å²) in [6, 6.07) is 6.53. The minimum atomic E-state index is 0.0356. The molecule has 1 heterocycles. The molecule has 0 saturated heterocycles. The molecule has 0 fully saturated rings. The Morgan fingerprint density at radius 3 is 2.69 bits per heavy atom. The number of hydrogen-bond acceptors (Lipinski definition) is 4. The van der Waals surface area contributed by atoms with Crippen molar-refractivity contribution in [3.63, 3.8) is 0 Å². The molecule has 16 heavy (non-hydrogen) atoms. The van der Waals surface area contributed by atoms with E-state index in [1.165, 1.54) is 6.92 Å². The highest BCUT2D eigenvalue weighted by Gasteiger charge is 2.07. The average Bonchev–Trinajstić information content (AvgIpc) is 2.66. The van der Waals surface area contributed by atoms with Crippen LogP contribution in [0.25, 0.3) is 11.5 Å². The summed E-state index contributed by atoms with van der Waals surface area (Å²) in [5.74, 6) is 1.24. The summed E-state index contributed by atoms with van der Waals surface area (Å²) < 4.78 is 5.41. The van der Waals surface area contributed by atoms with Crippen molar-refractivity contribution >= 4 is 5.78 Å². The van der Waals surface area contributed by atoms with Gasteiger partial charge in [0.1, 0.15) is 17.3 Å². The lowest BCUT2D eigenvalue weighted by molar-refractivity contribution is -0.116. The van der Waals surface area contributed by atoms with E-state index in [1.54, 1.807) is 30.5 Å². The fourth-order valence-electron chi connectivity index (χ4n) is 1.37. The Bertz CT molecular complexity index is 499. The molecule has 4 nitrogen and oxygen atoms in total. The van der Waals surface area contributed by atoms with Crippen LogP contribution in [0.2, 0.25) is 0 Å². The van der Waals surface area contributed by atoms with E-state index < -0.39 is 0 Å². The third-order valence-corrected chi connectivity index (χ3v) is 2.09. The number of phenolic OH excluding ortho intramolecular Hbond substituents is 1. The van der Waals surface area contributed by atoms with Gasteiger partial charge in [0, 0.05) is 5.56 Å². The van der Waals surface area contributed by atoms with E-state index in [2.05, 4.69) is 4.98 Å². The van der Waals surface area contributed by atoms with Gasteiger partial charge in [0.2, 0.25) is 5.89 Å². The molecule has 0 amide bonds. The zero-order valence-corrected chi connectivity index (χ0v) is 8.80. The first-order valence-electron chi connectivity index (χ1n) is 4.88. The van der Waals surface area contributed by atoms with Crippen LogP contribution in [-0.4, -0.2) is 15.9 Å². The smallest absolute Gasteiger partial charge is 0.226 e. The first-order chi connectivity index (χ1) is 7.65. The molecule has 2 rings (SSSR count). The Morgan fingerprint density at radius 1 is 1.38 bits per heavy atom. The summed E-state index contributed by atoms with van der Waals surface area (Å²) in [6.45, 7) is 1.50. The molecule has 4 heteroatoms. The normalized spacial score (nSPS) is 10.3. The number of oxazole rings is 1. The van der Waals surface area contributed by atoms with Crippen molar-refractivity contribution in [2.75, 3.05) is 0 Å². The Morgan fingerprint density at radius 2 is 2.06 bits per heavy atom. The lowest BCUT2D eigenvalue weighted by atomic mass is 10.2. The molecule has 1 aromatic heterocycles. The van der Waals surface area contributed by atoms with E-state index >= 15 is 0 Å². The molecule has 82 valence electrons. The number of rotatable bonds is 3. The van der Waals surface area contributed by atoms with Crippen LogP contribution in [0, 0.1) is 0 Å². The largest absolute Gasteiger partial charge is 0.508 e. The fourth-order valence-corrected chi connectivity index (χ4v) is 1.37. The number of carbonyl (C=O) groups is 1. The quantitative estimate of drug-likeness (QED) is 0.855. The number of benzene rings is 1. The van der Waals surface area contributed by atoms with Gasteiger partial charge in [-0.2, -0.15) is 0 Å². The number of nitrogens with zero attached hydrogens (tertiary/aromatic N) is 1. The standard InChI is InChI=1S/C12H11NO3/c1-8(14)6-11-7-13-12(16-11)9-2-4-10(15)5-3-9/h2-5,7,15H,6H2,1H3. The lowest BCUT2D eigenvalue weighted by Gasteiger charge is -1.95. The fraction of sp³-hybridized carbons (Fsp3) is 0.167. The highest BCUT2D eigenvalue weighted by molar-refractivity contribution is 5.77. The van der Waals surface area contributed by atoms with Crippen molar-refractivity contribution in [2.45, 2.75) is 13.3 Å². The molecular weight excluding hydrogens is 206 g/mol. The van der Waals surface area contributed by atoms with Crippen LogP contribution < -0.4 is 0 Å². The number of Topliss-reactive ketones (excluding diaryl/α,β-unsaturated/α-hetero) is 1. The van der Waals surface area contributed by atoms with E-state index in [-0.39, 0.29) is 18.0 Å². The van der Waals surface area contributed by atoms with Crippen molar-refractivity contribution in [3.8, 4) is 17.2 Å². The van der Waals surface area contributed by atoms with Gasteiger partial charge in [-0.25, -0.2) is 4.98 Å². The number of hydrogen-bond donors (Lipinski definition) is 1.